The molecule has 0 N–H and O–H groups in total. The Kier molecular flexibility index (Phi) is 3.26. The van der Waals surface area contributed by atoms with Gasteiger partial charge in [-0.15, -0.1) is 0 Å². The monoisotopic (exact) mass is 183 g/mol. The number of rotatable bonds is 1. The van der Waals surface area contributed by atoms with E-state index in [0.29, 0.717) is 0 Å². The summed E-state index contributed by atoms with van der Waals surface area (Å²) in [4.78, 5) is 16.0. The summed E-state index contributed by atoms with van der Waals surface area (Å²) in [7, 11) is 0. The molecule has 0 aromatic heterocycles. The zero-order valence-corrected chi connectivity index (χ0v) is 8.59. The molecule has 1 saturated heterocycles. The fourth-order valence-electron chi connectivity index (χ4n) is 1.34. The predicted octanol–water partition coefficient (Wildman–Crippen LogP) is 1.57. The molecule has 3 nitrogen and oxygen atoms in total. The van der Waals surface area contributed by atoms with Gasteiger partial charge in [0.15, 0.2) is 0 Å². The lowest BCUT2D eigenvalue weighted by molar-refractivity contribution is -0.231. The molecule has 0 spiro atoms. The standard InChI is InChI=1S/C10H17NO2/c1-10(2,3)13-11-6-4-9(8-12)5-7-11/h4-7H2,1-3H3. The van der Waals surface area contributed by atoms with Crippen molar-refractivity contribution in [3.05, 3.63) is 5.57 Å². The van der Waals surface area contributed by atoms with Crippen molar-refractivity contribution in [1.29, 1.82) is 0 Å². The van der Waals surface area contributed by atoms with E-state index in [1.54, 1.807) is 0 Å². The highest BCUT2D eigenvalue weighted by molar-refractivity contribution is 5.52. The van der Waals surface area contributed by atoms with Crippen LogP contribution in [0.25, 0.3) is 0 Å². The smallest absolute Gasteiger partial charge is 0.123 e. The van der Waals surface area contributed by atoms with Crippen LogP contribution < -0.4 is 0 Å². The fraction of sp³-hybridized carbons (Fsp3) is 0.800. The molecule has 1 aliphatic rings. The van der Waals surface area contributed by atoms with Crippen molar-refractivity contribution < 1.29 is 9.63 Å². The van der Waals surface area contributed by atoms with E-state index in [2.05, 4.69) is 0 Å². The predicted molar refractivity (Wildman–Crippen MR) is 50.9 cm³/mol. The first kappa shape index (κ1) is 10.5. The lowest BCUT2D eigenvalue weighted by atomic mass is 10.1. The second kappa shape index (κ2) is 4.05. The van der Waals surface area contributed by atoms with Crippen LogP contribution in [0.5, 0.6) is 0 Å². The Balaban J connectivity index is 2.38. The summed E-state index contributed by atoms with van der Waals surface area (Å²) in [5.74, 6) is 1.97. The van der Waals surface area contributed by atoms with Crippen LogP contribution in [-0.4, -0.2) is 29.7 Å². The highest BCUT2D eigenvalue weighted by Crippen LogP contribution is 2.17. The Hall–Kier alpha value is -0.630. The zero-order valence-electron chi connectivity index (χ0n) is 8.59. The second-order valence-corrected chi connectivity index (χ2v) is 4.34. The van der Waals surface area contributed by atoms with Crippen molar-refractivity contribution in [2.24, 2.45) is 0 Å². The first-order chi connectivity index (χ1) is 6.01. The van der Waals surface area contributed by atoms with Gasteiger partial charge < -0.3 is 0 Å². The SMILES string of the molecule is CC(C)(C)ON1CCC(=C=O)CC1. The molecule has 74 valence electrons. The van der Waals surface area contributed by atoms with Gasteiger partial charge in [-0.3, -0.25) is 4.84 Å². The van der Waals surface area contributed by atoms with E-state index in [-0.39, 0.29) is 5.60 Å². The number of hydroxylamine groups is 2. The summed E-state index contributed by atoms with van der Waals surface area (Å²) in [6.07, 6.45) is 1.58. The third-order valence-electron chi connectivity index (χ3n) is 1.87. The van der Waals surface area contributed by atoms with Crippen molar-refractivity contribution >= 4 is 5.94 Å². The highest BCUT2D eigenvalue weighted by atomic mass is 16.7. The molecule has 0 bridgehead atoms. The molecule has 1 aliphatic heterocycles. The molecular formula is C10H17NO2. The lowest BCUT2D eigenvalue weighted by Gasteiger charge is -2.32. The van der Waals surface area contributed by atoms with Crippen LogP contribution in [0, 0.1) is 0 Å². The largest absolute Gasteiger partial charge is 0.293 e. The van der Waals surface area contributed by atoms with Gasteiger partial charge in [0.2, 0.25) is 0 Å². The van der Waals surface area contributed by atoms with Gasteiger partial charge in [0.1, 0.15) is 5.94 Å². The molecule has 13 heavy (non-hydrogen) atoms. The quantitative estimate of drug-likeness (QED) is 0.578. The van der Waals surface area contributed by atoms with Crippen LogP contribution in [0.2, 0.25) is 0 Å². The van der Waals surface area contributed by atoms with Crippen LogP contribution in [0.4, 0.5) is 0 Å². The van der Waals surface area contributed by atoms with Crippen LogP contribution in [0.15, 0.2) is 5.57 Å². The first-order valence-electron chi connectivity index (χ1n) is 4.68. The van der Waals surface area contributed by atoms with Crippen LogP contribution in [0.3, 0.4) is 0 Å². The molecule has 0 aliphatic carbocycles. The van der Waals surface area contributed by atoms with Gasteiger partial charge in [-0.1, -0.05) is 0 Å². The Bertz CT molecular complexity index is 214. The molecule has 0 amide bonds. The van der Waals surface area contributed by atoms with E-state index in [4.69, 9.17) is 4.84 Å². The number of hydrogen-bond donors (Lipinski definition) is 0. The van der Waals surface area contributed by atoms with Gasteiger partial charge in [-0.2, -0.15) is 5.06 Å². The topological polar surface area (TPSA) is 29.5 Å². The van der Waals surface area contributed by atoms with Gasteiger partial charge in [-0.05, 0) is 33.6 Å². The summed E-state index contributed by atoms with van der Waals surface area (Å²) in [5.41, 5.74) is 0.747. The minimum atomic E-state index is -0.137. The van der Waals surface area contributed by atoms with Gasteiger partial charge in [0.25, 0.3) is 0 Å². The summed E-state index contributed by atoms with van der Waals surface area (Å²) in [6, 6.07) is 0. The highest BCUT2D eigenvalue weighted by Gasteiger charge is 2.20. The maximum absolute atomic E-state index is 10.3. The Morgan fingerprint density at radius 1 is 1.31 bits per heavy atom. The molecule has 0 aromatic carbocycles. The van der Waals surface area contributed by atoms with Gasteiger partial charge in [-0.25, -0.2) is 4.79 Å². The van der Waals surface area contributed by atoms with E-state index in [9.17, 15) is 4.79 Å². The molecule has 0 aromatic rings. The molecule has 0 saturated carbocycles. The van der Waals surface area contributed by atoms with Gasteiger partial charge in [0, 0.05) is 18.7 Å². The minimum absolute atomic E-state index is 0.137. The fourth-order valence-corrected chi connectivity index (χ4v) is 1.34. The van der Waals surface area contributed by atoms with Gasteiger partial charge >= 0.3 is 0 Å². The molecule has 0 radical (unpaired) electrons. The summed E-state index contributed by atoms with van der Waals surface area (Å²) < 4.78 is 0. The van der Waals surface area contributed by atoms with Crippen LogP contribution in [-0.2, 0) is 9.63 Å². The Morgan fingerprint density at radius 3 is 2.23 bits per heavy atom. The molecule has 0 unspecified atom stereocenters. The Morgan fingerprint density at radius 2 is 1.85 bits per heavy atom. The number of piperidine rings is 1. The molecule has 0 atom stereocenters. The van der Waals surface area contributed by atoms with Crippen molar-refractivity contribution in [2.45, 2.75) is 39.2 Å². The molecule has 1 heterocycles. The Labute approximate surface area is 79.3 Å². The van der Waals surface area contributed by atoms with Crippen LogP contribution in [0.1, 0.15) is 33.6 Å². The maximum atomic E-state index is 10.3. The number of nitrogens with zero attached hydrogens (tertiary/aromatic N) is 1. The second-order valence-electron chi connectivity index (χ2n) is 4.34. The molecule has 1 fully saturated rings. The summed E-state index contributed by atoms with van der Waals surface area (Å²) in [5, 5.41) is 1.93. The average molecular weight is 183 g/mol. The van der Waals surface area contributed by atoms with Crippen molar-refractivity contribution in [2.75, 3.05) is 13.1 Å². The number of carbonyl (C=O) groups excluding carboxylic acids is 1. The average Bonchev–Trinajstić information content (AvgIpc) is 2.03. The van der Waals surface area contributed by atoms with Crippen molar-refractivity contribution in [3.8, 4) is 0 Å². The minimum Gasteiger partial charge on any atom is -0.293 e. The zero-order chi connectivity index (χ0) is 9.90. The number of hydrogen-bond acceptors (Lipinski definition) is 3. The van der Waals surface area contributed by atoms with E-state index in [1.165, 1.54) is 0 Å². The molecular weight excluding hydrogens is 166 g/mol. The summed E-state index contributed by atoms with van der Waals surface area (Å²) in [6.45, 7) is 7.69. The molecule has 3 heteroatoms. The van der Waals surface area contributed by atoms with Crippen molar-refractivity contribution in [1.82, 2.24) is 5.06 Å². The van der Waals surface area contributed by atoms with E-state index in [0.717, 1.165) is 31.5 Å². The van der Waals surface area contributed by atoms with Crippen molar-refractivity contribution in [3.63, 3.8) is 0 Å². The van der Waals surface area contributed by atoms with E-state index in [1.807, 2.05) is 31.8 Å². The van der Waals surface area contributed by atoms with E-state index < -0.39 is 0 Å². The van der Waals surface area contributed by atoms with E-state index >= 15 is 0 Å². The molecule has 1 rings (SSSR count). The normalized spacial score (nSPS) is 20.1. The van der Waals surface area contributed by atoms with Crippen LogP contribution >= 0.6 is 0 Å². The third kappa shape index (κ3) is 3.73. The maximum Gasteiger partial charge on any atom is 0.123 e. The third-order valence-corrected chi connectivity index (χ3v) is 1.87. The first-order valence-corrected chi connectivity index (χ1v) is 4.68. The lowest BCUT2D eigenvalue weighted by Crippen LogP contribution is -2.37. The van der Waals surface area contributed by atoms with Gasteiger partial charge in [0.05, 0.1) is 5.60 Å². The summed E-state index contributed by atoms with van der Waals surface area (Å²) >= 11 is 0.